The average molecular weight is 615 g/mol. The number of benzene rings is 3. The summed E-state index contributed by atoms with van der Waals surface area (Å²) in [5.74, 6) is 0.319. The minimum Gasteiger partial charge on any atom is -0.385 e. The molecule has 3 rings (SSSR count). The van der Waals surface area contributed by atoms with Gasteiger partial charge in [0.05, 0.1) is 14.7 Å². The molecule has 0 bridgehead atoms. The first kappa shape index (κ1) is 27.0. The molecule has 0 radical (unpaired) electrons. The molecule has 0 saturated heterocycles. The first-order chi connectivity index (χ1) is 14.9. The van der Waals surface area contributed by atoms with Gasteiger partial charge in [0.15, 0.2) is 0 Å². The van der Waals surface area contributed by atoms with Crippen molar-refractivity contribution in [2.24, 2.45) is 0 Å². The molecule has 4 nitrogen and oxygen atoms in total. The van der Waals surface area contributed by atoms with Crippen molar-refractivity contribution in [2.45, 2.75) is 44.1 Å². The molecule has 32 heavy (non-hydrogen) atoms. The van der Waals surface area contributed by atoms with Crippen molar-refractivity contribution in [1.82, 2.24) is 0 Å². The number of phosphoric ester groups is 1. The zero-order valence-corrected chi connectivity index (χ0v) is 24.5. The summed E-state index contributed by atoms with van der Waals surface area (Å²) in [4.78, 5) is 3.87. The number of thiol groups is 9. The van der Waals surface area contributed by atoms with Gasteiger partial charge in [0, 0.05) is 29.4 Å². The fraction of sp³-hybridized carbons (Fsp3) is 0. The van der Waals surface area contributed by atoms with Gasteiger partial charge >= 0.3 is 7.82 Å². The van der Waals surface area contributed by atoms with Crippen molar-refractivity contribution in [3.05, 3.63) is 36.4 Å². The molecule has 0 aliphatic rings. The standard InChI is InChI=1S/C18H15O4PS9/c19-23(20-7-1-4-10(24)16(30)13(7)27,21-8-2-5-11(25)17(31)14(8)28)22-9-3-6-12(26)18(32)15(9)29/h1-6,24-32H. The lowest BCUT2D eigenvalue weighted by Gasteiger charge is -2.22. The quantitative estimate of drug-likeness (QED) is 0.105. The van der Waals surface area contributed by atoms with E-state index in [1.54, 1.807) is 18.2 Å². The second-order valence-electron chi connectivity index (χ2n) is 6.06. The highest BCUT2D eigenvalue weighted by Gasteiger charge is 2.36. The summed E-state index contributed by atoms with van der Waals surface area (Å²) < 4.78 is 31.0. The summed E-state index contributed by atoms with van der Waals surface area (Å²) in [6.45, 7) is 0. The Morgan fingerprint density at radius 1 is 0.438 bits per heavy atom. The molecule has 0 unspecified atom stereocenters. The molecular formula is C18H15O4PS9. The van der Waals surface area contributed by atoms with E-state index in [1.807, 2.05) is 0 Å². The van der Waals surface area contributed by atoms with E-state index in [2.05, 4.69) is 114 Å². The topological polar surface area (TPSA) is 44.8 Å². The van der Waals surface area contributed by atoms with Crippen LogP contribution in [0.1, 0.15) is 0 Å². The highest BCUT2D eigenvalue weighted by atomic mass is 32.1. The minimum absolute atomic E-state index is 0.106. The SMILES string of the molecule is O=P(Oc1ccc(S)c(S)c1S)(Oc1ccc(S)c(S)c1S)Oc1ccc(S)c(S)c1S. The maximum Gasteiger partial charge on any atom is 0.647 e. The van der Waals surface area contributed by atoms with Crippen molar-refractivity contribution in [1.29, 1.82) is 0 Å². The summed E-state index contributed by atoms with van der Waals surface area (Å²) in [5, 5.41) is 0. The summed E-state index contributed by atoms with van der Waals surface area (Å²) >= 11 is 39.1. The zero-order valence-electron chi connectivity index (χ0n) is 15.6. The van der Waals surface area contributed by atoms with Gasteiger partial charge in [0.25, 0.3) is 0 Å². The molecular weight excluding hydrogens is 600 g/mol. The zero-order chi connectivity index (χ0) is 23.8. The van der Waals surface area contributed by atoms with E-state index >= 15 is 0 Å². The molecule has 0 amide bonds. The third kappa shape index (κ3) is 5.98. The molecule has 0 atom stereocenters. The summed E-state index contributed by atoms with van der Waals surface area (Å²) in [5.41, 5.74) is 0. The average Bonchev–Trinajstić information content (AvgIpc) is 2.75. The van der Waals surface area contributed by atoms with Crippen molar-refractivity contribution >= 4 is 121 Å². The predicted octanol–water partition coefficient (Wildman–Crippen LogP) is 7.93. The van der Waals surface area contributed by atoms with Gasteiger partial charge in [-0.2, -0.15) is 4.57 Å². The molecule has 14 heteroatoms. The van der Waals surface area contributed by atoms with Crippen LogP contribution in [0, 0.1) is 0 Å². The van der Waals surface area contributed by atoms with Crippen LogP contribution in [0.25, 0.3) is 0 Å². The highest BCUT2D eigenvalue weighted by molar-refractivity contribution is 7.86. The normalized spacial score (nSPS) is 11.4. The van der Waals surface area contributed by atoms with Crippen molar-refractivity contribution in [3.8, 4) is 17.2 Å². The van der Waals surface area contributed by atoms with Crippen LogP contribution in [-0.2, 0) is 4.57 Å². The van der Waals surface area contributed by atoms with Gasteiger partial charge in [-0.3, -0.25) is 0 Å². The molecule has 0 N–H and O–H groups in total. The Morgan fingerprint density at radius 3 is 0.938 bits per heavy atom. The van der Waals surface area contributed by atoms with Crippen LogP contribution in [0.3, 0.4) is 0 Å². The molecule has 0 spiro atoms. The molecule has 0 aromatic heterocycles. The van der Waals surface area contributed by atoms with Gasteiger partial charge in [-0.15, -0.1) is 114 Å². The summed E-state index contributed by atoms with van der Waals surface area (Å²) in [6.07, 6.45) is 0. The van der Waals surface area contributed by atoms with Gasteiger partial charge in [-0.1, -0.05) is 0 Å². The van der Waals surface area contributed by atoms with E-state index in [0.717, 1.165) is 0 Å². The lowest BCUT2D eigenvalue weighted by molar-refractivity contribution is 0.290. The number of rotatable bonds is 6. The molecule has 0 saturated carbocycles. The molecule has 3 aromatic rings. The Balaban J connectivity index is 2.09. The molecule has 0 fully saturated rings. The number of hydrogen-bond acceptors (Lipinski definition) is 13. The Hall–Kier alpha value is 0.440. The molecule has 0 heterocycles. The van der Waals surface area contributed by atoms with Crippen molar-refractivity contribution < 1.29 is 18.1 Å². The first-order valence-corrected chi connectivity index (χ1v) is 13.8. The Labute approximate surface area is 235 Å². The van der Waals surface area contributed by atoms with E-state index in [-0.39, 0.29) is 17.2 Å². The van der Waals surface area contributed by atoms with Gasteiger partial charge in [-0.05, 0) is 36.4 Å². The molecule has 0 aliphatic carbocycles. The van der Waals surface area contributed by atoms with E-state index < -0.39 is 7.82 Å². The lowest BCUT2D eigenvalue weighted by Crippen LogP contribution is -2.09. The molecule has 0 aliphatic heterocycles. The second kappa shape index (κ2) is 11.0. The highest BCUT2D eigenvalue weighted by Crippen LogP contribution is 2.54. The second-order valence-corrected chi connectivity index (χ2v) is 11.6. The van der Waals surface area contributed by atoms with E-state index in [4.69, 9.17) is 13.6 Å². The van der Waals surface area contributed by atoms with Gasteiger partial charge < -0.3 is 13.6 Å². The Bertz CT molecular complexity index is 1100. The van der Waals surface area contributed by atoms with Gasteiger partial charge in [0.2, 0.25) is 0 Å². The first-order valence-electron chi connectivity index (χ1n) is 8.34. The fourth-order valence-corrected chi connectivity index (χ4v) is 5.90. The van der Waals surface area contributed by atoms with Crippen LogP contribution in [0.2, 0.25) is 0 Å². The van der Waals surface area contributed by atoms with Crippen LogP contribution < -0.4 is 13.6 Å². The summed E-state index contributed by atoms with van der Waals surface area (Å²) in [6, 6.07) is 9.41. The van der Waals surface area contributed by atoms with Gasteiger partial charge in [0.1, 0.15) is 17.2 Å². The maximum atomic E-state index is 13.9. The third-order valence-corrected chi connectivity index (χ3v) is 10.1. The maximum absolute atomic E-state index is 13.9. The molecule has 170 valence electrons. The minimum atomic E-state index is -4.39. The lowest BCUT2D eigenvalue weighted by atomic mass is 10.3. The van der Waals surface area contributed by atoms with Crippen molar-refractivity contribution in [2.75, 3.05) is 0 Å². The monoisotopic (exact) mass is 614 g/mol. The Morgan fingerprint density at radius 2 is 0.688 bits per heavy atom. The largest absolute Gasteiger partial charge is 0.647 e. The third-order valence-electron chi connectivity index (χ3n) is 3.91. The smallest absolute Gasteiger partial charge is 0.385 e. The number of phosphoric acid groups is 1. The summed E-state index contributed by atoms with van der Waals surface area (Å²) in [7, 11) is -4.39. The Kier molecular flexibility index (Phi) is 9.30. The van der Waals surface area contributed by atoms with Crippen LogP contribution in [-0.4, -0.2) is 0 Å². The molecule has 3 aromatic carbocycles. The van der Waals surface area contributed by atoms with Crippen LogP contribution >= 0.6 is 121 Å². The predicted molar refractivity (Wildman–Crippen MR) is 154 cm³/mol. The fourth-order valence-electron chi connectivity index (χ4n) is 2.29. The van der Waals surface area contributed by atoms with Crippen molar-refractivity contribution in [3.63, 3.8) is 0 Å². The van der Waals surface area contributed by atoms with Crippen LogP contribution in [0.15, 0.2) is 80.5 Å². The number of hydrogen-bond donors (Lipinski definition) is 9. The van der Waals surface area contributed by atoms with E-state index in [9.17, 15) is 4.57 Å². The van der Waals surface area contributed by atoms with Crippen LogP contribution in [0.5, 0.6) is 17.2 Å². The van der Waals surface area contributed by atoms with E-state index in [0.29, 0.717) is 44.1 Å². The van der Waals surface area contributed by atoms with E-state index in [1.165, 1.54) is 18.2 Å². The van der Waals surface area contributed by atoms with Crippen LogP contribution in [0.4, 0.5) is 0 Å². The van der Waals surface area contributed by atoms with Gasteiger partial charge in [-0.25, -0.2) is 0 Å².